The fourth-order valence-electron chi connectivity index (χ4n) is 4.54. The Balaban J connectivity index is 1.36. The molecule has 5 rings (SSSR count). The quantitative estimate of drug-likeness (QED) is 0.546. The van der Waals surface area contributed by atoms with E-state index in [1.54, 1.807) is 0 Å². The highest BCUT2D eigenvalue weighted by molar-refractivity contribution is 5.99. The van der Waals surface area contributed by atoms with E-state index in [1.807, 2.05) is 58.9 Å². The number of aromatic nitrogens is 3. The fraction of sp³-hybridized carbons (Fsp3) is 0.304. The molecule has 1 aliphatic heterocycles. The summed E-state index contributed by atoms with van der Waals surface area (Å²) in [5.74, 6) is 0.0647. The molecule has 29 heavy (non-hydrogen) atoms. The van der Waals surface area contributed by atoms with Crippen LogP contribution in [0, 0.1) is 13.8 Å². The standard InChI is InChI=1S/C23H24N4O2/c1-14-15(2)24-19-8-7-16(13-18(14)19)22(28)26-11-9-17(10-12-26)27-21-6-4-3-5-20(21)25-23(27)29/h3-8,13,17,24H,9-12H2,1-2H3,(H,25,29). The van der Waals surface area contributed by atoms with E-state index in [1.165, 1.54) is 5.56 Å². The Bertz CT molecular complexity index is 1290. The number of benzene rings is 2. The van der Waals surface area contributed by atoms with E-state index < -0.39 is 0 Å². The lowest BCUT2D eigenvalue weighted by Gasteiger charge is -2.32. The lowest BCUT2D eigenvalue weighted by Crippen LogP contribution is -2.40. The first-order chi connectivity index (χ1) is 14.0. The monoisotopic (exact) mass is 388 g/mol. The molecule has 1 aliphatic rings. The van der Waals surface area contributed by atoms with Crippen molar-refractivity contribution in [1.82, 2.24) is 19.4 Å². The number of fused-ring (bicyclic) bond motifs is 2. The summed E-state index contributed by atoms with van der Waals surface area (Å²) in [5.41, 5.74) is 5.84. The lowest BCUT2D eigenvalue weighted by molar-refractivity contribution is 0.0695. The molecule has 0 unspecified atom stereocenters. The molecule has 6 heteroatoms. The third kappa shape index (κ3) is 2.87. The van der Waals surface area contributed by atoms with Crippen molar-refractivity contribution in [3.8, 4) is 0 Å². The zero-order valence-electron chi connectivity index (χ0n) is 16.7. The van der Waals surface area contributed by atoms with Crippen molar-refractivity contribution in [3.05, 3.63) is 69.8 Å². The van der Waals surface area contributed by atoms with Crippen LogP contribution in [-0.2, 0) is 0 Å². The minimum absolute atomic E-state index is 0.0647. The van der Waals surface area contributed by atoms with Gasteiger partial charge in [-0.05, 0) is 62.6 Å². The zero-order valence-corrected chi connectivity index (χ0v) is 16.7. The molecule has 0 radical (unpaired) electrons. The molecule has 6 nitrogen and oxygen atoms in total. The van der Waals surface area contributed by atoms with Crippen molar-refractivity contribution < 1.29 is 4.79 Å². The van der Waals surface area contributed by atoms with Crippen molar-refractivity contribution in [2.45, 2.75) is 32.7 Å². The maximum atomic E-state index is 13.1. The first kappa shape index (κ1) is 17.8. The first-order valence-corrected chi connectivity index (χ1v) is 10.1. The number of rotatable bonds is 2. The van der Waals surface area contributed by atoms with E-state index >= 15 is 0 Å². The van der Waals surface area contributed by atoms with Gasteiger partial charge in [0.2, 0.25) is 0 Å². The Hall–Kier alpha value is -3.28. The number of amides is 1. The van der Waals surface area contributed by atoms with Gasteiger partial charge in [0, 0.05) is 41.3 Å². The molecule has 0 atom stereocenters. The number of likely N-dealkylation sites (tertiary alicyclic amines) is 1. The summed E-state index contributed by atoms with van der Waals surface area (Å²) >= 11 is 0. The highest BCUT2D eigenvalue weighted by Crippen LogP contribution is 2.27. The first-order valence-electron chi connectivity index (χ1n) is 10.1. The number of aryl methyl sites for hydroxylation is 2. The van der Waals surface area contributed by atoms with Crippen LogP contribution >= 0.6 is 0 Å². The second-order valence-corrected chi connectivity index (χ2v) is 7.98. The molecule has 3 heterocycles. The molecular formula is C23H24N4O2. The van der Waals surface area contributed by atoms with Crippen molar-refractivity contribution in [3.63, 3.8) is 0 Å². The van der Waals surface area contributed by atoms with Gasteiger partial charge in [-0.1, -0.05) is 12.1 Å². The summed E-state index contributed by atoms with van der Waals surface area (Å²) in [6.45, 7) is 5.43. The van der Waals surface area contributed by atoms with E-state index in [-0.39, 0.29) is 17.6 Å². The maximum absolute atomic E-state index is 13.1. The van der Waals surface area contributed by atoms with Gasteiger partial charge in [0.15, 0.2) is 0 Å². The van der Waals surface area contributed by atoms with Crippen LogP contribution < -0.4 is 5.69 Å². The molecule has 0 saturated carbocycles. The molecule has 0 bridgehead atoms. The number of imidazole rings is 1. The molecule has 0 spiro atoms. The average molecular weight is 388 g/mol. The summed E-state index contributed by atoms with van der Waals surface area (Å²) in [5, 5.41) is 1.11. The minimum Gasteiger partial charge on any atom is -0.358 e. The number of hydrogen-bond donors (Lipinski definition) is 2. The minimum atomic E-state index is -0.0697. The SMILES string of the molecule is Cc1[nH]c2ccc(C(=O)N3CCC(n4c(=O)[nH]c5ccccc54)CC3)cc2c1C. The van der Waals surface area contributed by atoms with Gasteiger partial charge in [-0.2, -0.15) is 0 Å². The van der Waals surface area contributed by atoms with Gasteiger partial charge in [-0.25, -0.2) is 4.79 Å². The van der Waals surface area contributed by atoms with Crippen LogP contribution in [-0.4, -0.2) is 38.4 Å². The number of carbonyl (C=O) groups excluding carboxylic acids is 1. The number of nitrogens with zero attached hydrogens (tertiary/aromatic N) is 2. The smallest absolute Gasteiger partial charge is 0.326 e. The topological polar surface area (TPSA) is 73.9 Å². The maximum Gasteiger partial charge on any atom is 0.326 e. The molecule has 1 fully saturated rings. The fourth-order valence-corrected chi connectivity index (χ4v) is 4.54. The summed E-state index contributed by atoms with van der Waals surface area (Å²) < 4.78 is 1.86. The highest BCUT2D eigenvalue weighted by Gasteiger charge is 2.26. The molecule has 0 aliphatic carbocycles. The predicted molar refractivity (Wildman–Crippen MR) is 115 cm³/mol. The average Bonchev–Trinajstić information content (AvgIpc) is 3.22. The number of nitrogens with one attached hydrogen (secondary N) is 2. The number of piperidine rings is 1. The van der Waals surface area contributed by atoms with Crippen molar-refractivity contribution in [2.24, 2.45) is 0 Å². The second-order valence-electron chi connectivity index (χ2n) is 7.98. The molecule has 4 aromatic rings. The largest absolute Gasteiger partial charge is 0.358 e. The molecular weight excluding hydrogens is 364 g/mol. The third-order valence-corrected chi connectivity index (χ3v) is 6.30. The normalized spacial score (nSPS) is 15.4. The summed E-state index contributed by atoms with van der Waals surface area (Å²) in [6, 6.07) is 13.8. The van der Waals surface area contributed by atoms with Crippen LogP contribution in [0.25, 0.3) is 21.9 Å². The number of hydrogen-bond acceptors (Lipinski definition) is 2. The van der Waals surface area contributed by atoms with E-state index in [2.05, 4.69) is 16.9 Å². The van der Waals surface area contributed by atoms with Crippen molar-refractivity contribution in [1.29, 1.82) is 0 Å². The summed E-state index contributed by atoms with van der Waals surface area (Å²) in [4.78, 5) is 33.7. The second kappa shape index (κ2) is 6.65. The Kier molecular flexibility index (Phi) is 4.08. The number of para-hydroxylation sites is 2. The van der Waals surface area contributed by atoms with Crippen LogP contribution in [0.2, 0.25) is 0 Å². The van der Waals surface area contributed by atoms with Gasteiger partial charge >= 0.3 is 5.69 Å². The van der Waals surface area contributed by atoms with E-state index in [0.717, 1.165) is 46.0 Å². The Morgan fingerprint density at radius 1 is 1.00 bits per heavy atom. The van der Waals surface area contributed by atoms with Gasteiger partial charge in [0.1, 0.15) is 0 Å². The molecule has 1 saturated heterocycles. The Morgan fingerprint density at radius 2 is 1.76 bits per heavy atom. The van der Waals surface area contributed by atoms with E-state index in [4.69, 9.17) is 0 Å². The van der Waals surface area contributed by atoms with Crippen LogP contribution in [0.15, 0.2) is 47.3 Å². The zero-order chi connectivity index (χ0) is 20.1. The van der Waals surface area contributed by atoms with Gasteiger partial charge in [0.25, 0.3) is 5.91 Å². The predicted octanol–water partition coefficient (Wildman–Crippen LogP) is 3.91. The van der Waals surface area contributed by atoms with Crippen molar-refractivity contribution in [2.75, 3.05) is 13.1 Å². The lowest BCUT2D eigenvalue weighted by atomic mass is 10.0. The summed E-state index contributed by atoms with van der Waals surface area (Å²) in [6.07, 6.45) is 1.55. The van der Waals surface area contributed by atoms with Crippen LogP contribution in [0.3, 0.4) is 0 Å². The molecule has 148 valence electrons. The molecule has 2 aromatic heterocycles. The van der Waals surface area contributed by atoms with Gasteiger partial charge in [0.05, 0.1) is 11.0 Å². The molecule has 1 amide bonds. The highest BCUT2D eigenvalue weighted by atomic mass is 16.2. The number of aromatic amines is 2. The van der Waals surface area contributed by atoms with Gasteiger partial charge < -0.3 is 14.9 Å². The number of H-pyrrole nitrogens is 2. The summed E-state index contributed by atoms with van der Waals surface area (Å²) in [7, 11) is 0. The van der Waals surface area contributed by atoms with Crippen molar-refractivity contribution >= 4 is 27.8 Å². The number of carbonyl (C=O) groups is 1. The Labute approximate surface area is 168 Å². The van der Waals surface area contributed by atoms with E-state index in [0.29, 0.717) is 13.1 Å². The van der Waals surface area contributed by atoms with Gasteiger partial charge in [-0.3, -0.25) is 9.36 Å². The van der Waals surface area contributed by atoms with E-state index in [9.17, 15) is 9.59 Å². The Morgan fingerprint density at radius 3 is 2.55 bits per heavy atom. The van der Waals surface area contributed by atoms with Crippen LogP contribution in [0.4, 0.5) is 0 Å². The van der Waals surface area contributed by atoms with Crippen LogP contribution in [0.1, 0.15) is 40.5 Å². The molecule has 2 N–H and O–H groups in total. The van der Waals surface area contributed by atoms with Crippen LogP contribution in [0.5, 0.6) is 0 Å². The van der Waals surface area contributed by atoms with Gasteiger partial charge in [-0.15, -0.1) is 0 Å². The molecule has 2 aromatic carbocycles. The third-order valence-electron chi connectivity index (χ3n) is 6.30.